The molecule has 64 valence electrons. The lowest BCUT2D eigenvalue weighted by Gasteiger charge is -2.18. The third-order valence-corrected chi connectivity index (χ3v) is 3.02. The molecule has 1 fully saturated rings. The molecule has 0 unspecified atom stereocenters. The Balaban J connectivity index is 1.68. The maximum atomic E-state index is 5.78. The third-order valence-electron chi connectivity index (χ3n) is 2.78. The van der Waals surface area contributed by atoms with E-state index in [1.165, 1.54) is 6.42 Å². The minimum atomic E-state index is -0.997. The van der Waals surface area contributed by atoms with Crippen molar-refractivity contribution in [2.75, 3.05) is 0 Å². The maximum Gasteiger partial charge on any atom is 0.375 e. The molecule has 1 aliphatic heterocycles. The monoisotopic (exact) mass is 184 g/mol. The summed E-state index contributed by atoms with van der Waals surface area (Å²) in [6, 6.07) is 0. The summed E-state index contributed by atoms with van der Waals surface area (Å²) in [6.07, 6.45) is 7.04. The van der Waals surface area contributed by atoms with Crippen molar-refractivity contribution in [3.8, 4) is 0 Å². The Morgan fingerprint density at radius 1 is 1.33 bits per heavy atom. The number of nitrogens with zero attached hydrogens (tertiary/aromatic N) is 2. The second-order valence-corrected chi connectivity index (χ2v) is 4.16. The van der Waals surface area contributed by atoms with E-state index < -0.39 is 5.31 Å². The Bertz CT molecular complexity index is 270. The summed E-state index contributed by atoms with van der Waals surface area (Å²) in [4.78, 5) is 0. The largest absolute Gasteiger partial charge is 0.375 e. The number of alkyl halides is 1. The number of halogens is 1. The maximum absolute atomic E-state index is 5.78. The van der Waals surface area contributed by atoms with Crippen molar-refractivity contribution in [2.45, 2.75) is 24.3 Å². The molecule has 0 aromatic carbocycles. The van der Waals surface area contributed by atoms with Crippen LogP contribution in [0.2, 0.25) is 0 Å². The van der Waals surface area contributed by atoms with Gasteiger partial charge in [0.05, 0.1) is 6.10 Å². The van der Waals surface area contributed by atoms with Gasteiger partial charge in [-0.3, -0.25) is 0 Å². The van der Waals surface area contributed by atoms with E-state index in [4.69, 9.17) is 16.3 Å². The summed E-state index contributed by atoms with van der Waals surface area (Å²) in [5, 5.41) is 6.25. The van der Waals surface area contributed by atoms with E-state index in [0.29, 0.717) is 11.8 Å². The van der Waals surface area contributed by atoms with Crippen molar-refractivity contribution in [3.63, 3.8) is 0 Å². The SMILES string of the molecule is ClC1(O[C@H]2C[C@@H]3C=C[C@H]2C3)N=N1. The van der Waals surface area contributed by atoms with Crippen LogP contribution in [0.3, 0.4) is 0 Å². The smallest absolute Gasteiger partial charge is 0.316 e. The topological polar surface area (TPSA) is 34.0 Å². The Labute approximate surface area is 75.5 Å². The van der Waals surface area contributed by atoms with Gasteiger partial charge in [-0.15, -0.1) is 10.2 Å². The van der Waals surface area contributed by atoms with Crippen LogP contribution in [0.5, 0.6) is 0 Å². The molecule has 0 spiro atoms. The van der Waals surface area contributed by atoms with E-state index in [1.807, 2.05) is 0 Å². The van der Waals surface area contributed by atoms with Crippen LogP contribution in [0.15, 0.2) is 22.4 Å². The molecule has 0 saturated heterocycles. The fourth-order valence-corrected chi connectivity index (χ4v) is 2.30. The van der Waals surface area contributed by atoms with Gasteiger partial charge in [-0.2, -0.15) is 0 Å². The molecule has 1 heterocycles. The number of allylic oxidation sites excluding steroid dienone is 1. The number of hydrogen-bond acceptors (Lipinski definition) is 3. The molecule has 2 bridgehead atoms. The molecule has 3 aliphatic rings. The van der Waals surface area contributed by atoms with Gasteiger partial charge in [0.2, 0.25) is 0 Å². The average Bonchev–Trinajstić information content (AvgIpc) is 2.48. The van der Waals surface area contributed by atoms with Gasteiger partial charge in [0.1, 0.15) is 0 Å². The van der Waals surface area contributed by atoms with Gasteiger partial charge < -0.3 is 4.74 Å². The highest BCUT2D eigenvalue weighted by atomic mass is 35.5. The first-order valence-electron chi connectivity index (χ1n) is 4.24. The summed E-state index contributed by atoms with van der Waals surface area (Å²) in [5.74, 6) is 1.26. The molecule has 3 nitrogen and oxygen atoms in total. The first kappa shape index (κ1) is 7.04. The Morgan fingerprint density at radius 3 is 2.67 bits per heavy atom. The highest BCUT2D eigenvalue weighted by Gasteiger charge is 2.47. The highest BCUT2D eigenvalue weighted by Crippen LogP contribution is 2.45. The zero-order chi connectivity index (χ0) is 8.18. The molecular formula is C8H9ClN2O. The van der Waals surface area contributed by atoms with E-state index >= 15 is 0 Å². The van der Waals surface area contributed by atoms with E-state index in [9.17, 15) is 0 Å². The highest BCUT2D eigenvalue weighted by molar-refractivity contribution is 6.23. The Morgan fingerprint density at radius 2 is 2.17 bits per heavy atom. The van der Waals surface area contributed by atoms with Gasteiger partial charge in [0.15, 0.2) is 0 Å². The molecule has 3 rings (SSSR count). The van der Waals surface area contributed by atoms with Gasteiger partial charge in [-0.05, 0) is 30.4 Å². The van der Waals surface area contributed by atoms with Gasteiger partial charge >= 0.3 is 5.31 Å². The molecule has 12 heavy (non-hydrogen) atoms. The molecule has 0 amide bonds. The first-order chi connectivity index (χ1) is 5.75. The average molecular weight is 185 g/mol. The van der Waals surface area contributed by atoms with E-state index in [-0.39, 0.29) is 6.10 Å². The summed E-state index contributed by atoms with van der Waals surface area (Å²) < 4.78 is 5.52. The third kappa shape index (κ3) is 1.00. The molecular weight excluding hydrogens is 176 g/mol. The number of ether oxygens (including phenoxy) is 1. The van der Waals surface area contributed by atoms with Crippen LogP contribution in [0, 0.1) is 11.8 Å². The van der Waals surface area contributed by atoms with Crippen LogP contribution >= 0.6 is 11.6 Å². The minimum Gasteiger partial charge on any atom is -0.316 e. The summed E-state index contributed by atoms with van der Waals surface area (Å²) in [5.41, 5.74) is 0. The van der Waals surface area contributed by atoms with Crippen molar-refractivity contribution in [1.82, 2.24) is 0 Å². The summed E-state index contributed by atoms with van der Waals surface area (Å²) in [7, 11) is 0. The van der Waals surface area contributed by atoms with Crippen molar-refractivity contribution in [3.05, 3.63) is 12.2 Å². The predicted molar refractivity (Wildman–Crippen MR) is 43.7 cm³/mol. The van der Waals surface area contributed by atoms with Gasteiger partial charge in [-0.1, -0.05) is 12.2 Å². The lowest BCUT2D eigenvalue weighted by atomic mass is 10.1. The predicted octanol–water partition coefficient (Wildman–Crippen LogP) is 2.28. The second kappa shape index (κ2) is 2.09. The molecule has 2 aliphatic carbocycles. The van der Waals surface area contributed by atoms with Gasteiger partial charge in [-0.25, -0.2) is 0 Å². The van der Waals surface area contributed by atoms with Crippen LogP contribution in [-0.2, 0) is 4.74 Å². The van der Waals surface area contributed by atoms with E-state index in [0.717, 1.165) is 6.42 Å². The normalized spacial score (nSPS) is 45.6. The minimum absolute atomic E-state index is 0.243. The van der Waals surface area contributed by atoms with Crippen molar-refractivity contribution in [1.29, 1.82) is 0 Å². The lowest BCUT2D eigenvalue weighted by molar-refractivity contribution is -0.00731. The quantitative estimate of drug-likeness (QED) is 0.368. The fourth-order valence-electron chi connectivity index (χ4n) is 2.14. The van der Waals surface area contributed by atoms with Crippen molar-refractivity contribution >= 4 is 11.6 Å². The van der Waals surface area contributed by atoms with Gasteiger partial charge in [0.25, 0.3) is 0 Å². The molecule has 4 heteroatoms. The number of hydrogen-bond donors (Lipinski definition) is 0. The molecule has 0 aromatic heterocycles. The van der Waals surface area contributed by atoms with Crippen molar-refractivity contribution in [2.24, 2.45) is 22.1 Å². The Hall–Kier alpha value is -0.410. The molecule has 1 saturated carbocycles. The van der Waals surface area contributed by atoms with Crippen LogP contribution < -0.4 is 0 Å². The van der Waals surface area contributed by atoms with Crippen LogP contribution in [0.25, 0.3) is 0 Å². The molecule has 0 N–H and O–H groups in total. The fraction of sp³-hybridized carbons (Fsp3) is 0.750. The standard InChI is InChI=1S/C8H9ClN2O/c9-8(10-11-8)12-7-4-5-1-2-6(7)3-5/h1-2,5-7H,3-4H2/t5-,6+,7+/m1/s1. The molecule has 0 radical (unpaired) electrons. The van der Waals surface area contributed by atoms with Crippen LogP contribution in [0.1, 0.15) is 12.8 Å². The number of rotatable bonds is 2. The molecule has 0 aromatic rings. The van der Waals surface area contributed by atoms with E-state index in [2.05, 4.69) is 22.4 Å². The number of fused-ring (bicyclic) bond motifs is 2. The molecule has 3 atom stereocenters. The van der Waals surface area contributed by atoms with Gasteiger partial charge in [0, 0.05) is 5.92 Å². The first-order valence-corrected chi connectivity index (χ1v) is 4.62. The summed E-state index contributed by atoms with van der Waals surface area (Å²) in [6.45, 7) is 0. The Kier molecular flexibility index (Phi) is 1.23. The van der Waals surface area contributed by atoms with Crippen LogP contribution in [-0.4, -0.2) is 11.4 Å². The zero-order valence-corrected chi connectivity index (χ0v) is 7.24. The van der Waals surface area contributed by atoms with Crippen molar-refractivity contribution < 1.29 is 4.74 Å². The zero-order valence-electron chi connectivity index (χ0n) is 6.48. The summed E-state index contributed by atoms with van der Waals surface area (Å²) >= 11 is 5.78. The second-order valence-electron chi connectivity index (χ2n) is 3.67. The van der Waals surface area contributed by atoms with E-state index in [1.54, 1.807) is 0 Å². The lowest BCUT2D eigenvalue weighted by Crippen LogP contribution is -2.23. The van der Waals surface area contributed by atoms with Crippen LogP contribution in [0.4, 0.5) is 0 Å².